The first-order valence-corrected chi connectivity index (χ1v) is 10.2. The Balaban J connectivity index is 1.41. The van der Waals surface area contributed by atoms with Crippen LogP contribution in [0.1, 0.15) is 28.2 Å². The summed E-state index contributed by atoms with van der Waals surface area (Å²) in [5, 5.41) is 2.97. The molecule has 150 valence electrons. The third kappa shape index (κ3) is 4.81. The number of para-hydroxylation sites is 2. The van der Waals surface area contributed by atoms with Gasteiger partial charge in [-0.05, 0) is 36.2 Å². The molecule has 5 nitrogen and oxygen atoms in total. The minimum absolute atomic E-state index is 0.0725. The van der Waals surface area contributed by atoms with Gasteiger partial charge in [-0.25, -0.2) is 4.98 Å². The summed E-state index contributed by atoms with van der Waals surface area (Å²) in [6.45, 7) is 1.36. The van der Waals surface area contributed by atoms with E-state index < -0.39 is 0 Å². The van der Waals surface area contributed by atoms with E-state index in [0.717, 1.165) is 36.2 Å². The molecule has 4 rings (SSSR count). The van der Waals surface area contributed by atoms with Crippen molar-refractivity contribution in [2.75, 3.05) is 6.54 Å². The summed E-state index contributed by atoms with van der Waals surface area (Å²) in [6, 6.07) is 21.9. The van der Waals surface area contributed by atoms with Crippen LogP contribution in [0.4, 0.5) is 0 Å². The first kappa shape index (κ1) is 19.6. The van der Waals surface area contributed by atoms with Gasteiger partial charge < -0.3 is 9.88 Å². The second-order valence-electron chi connectivity index (χ2n) is 7.04. The van der Waals surface area contributed by atoms with Gasteiger partial charge in [0.15, 0.2) is 0 Å². The third-order valence-corrected chi connectivity index (χ3v) is 4.94. The minimum atomic E-state index is -0.0725. The minimum Gasteiger partial charge on any atom is -0.352 e. The molecule has 0 saturated heterocycles. The molecule has 0 atom stereocenters. The zero-order valence-corrected chi connectivity index (χ0v) is 16.7. The molecule has 0 spiro atoms. The highest BCUT2D eigenvalue weighted by Crippen LogP contribution is 2.17. The van der Waals surface area contributed by atoms with Gasteiger partial charge in [0.05, 0.1) is 11.0 Å². The van der Waals surface area contributed by atoms with Crippen molar-refractivity contribution < 1.29 is 4.79 Å². The molecule has 0 aliphatic heterocycles. The maximum absolute atomic E-state index is 12.2. The van der Waals surface area contributed by atoms with Crippen LogP contribution in [0.3, 0.4) is 0 Å². The van der Waals surface area contributed by atoms with E-state index in [1.807, 2.05) is 36.4 Å². The Morgan fingerprint density at radius 3 is 2.57 bits per heavy atom. The lowest BCUT2D eigenvalue weighted by molar-refractivity contribution is 0.0953. The van der Waals surface area contributed by atoms with Crippen molar-refractivity contribution in [3.05, 3.63) is 102 Å². The molecule has 0 saturated carbocycles. The first-order chi connectivity index (χ1) is 14.8. The Labute approximate surface area is 176 Å². The fourth-order valence-electron chi connectivity index (χ4n) is 3.43. The highest BCUT2D eigenvalue weighted by Gasteiger charge is 2.10. The van der Waals surface area contributed by atoms with Crippen LogP contribution < -0.4 is 5.32 Å². The van der Waals surface area contributed by atoms with Crippen LogP contribution in [0, 0.1) is 0 Å². The summed E-state index contributed by atoms with van der Waals surface area (Å²) >= 11 is 0. The van der Waals surface area contributed by atoms with E-state index in [0.29, 0.717) is 12.1 Å². The van der Waals surface area contributed by atoms with Crippen LogP contribution in [0.5, 0.6) is 0 Å². The molecule has 4 aromatic rings. The molecule has 0 unspecified atom stereocenters. The topological polar surface area (TPSA) is 59.8 Å². The van der Waals surface area contributed by atoms with Crippen molar-refractivity contribution in [2.24, 2.45) is 0 Å². The molecule has 0 aliphatic rings. The number of nitrogens with one attached hydrogen (secondary N) is 1. The third-order valence-electron chi connectivity index (χ3n) is 4.94. The summed E-state index contributed by atoms with van der Waals surface area (Å²) in [5.41, 5.74) is 3.94. The fourth-order valence-corrected chi connectivity index (χ4v) is 3.43. The first-order valence-electron chi connectivity index (χ1n) is 10.2. The lowest BCUT2D eigenvalue weighted by Gasteiger charge is -2.08. The lowest BCUT2D eigenvalue weighted by Crippen LogP contribution is -2.25. The maximum atomic E-state index is 12.2. The molecule has 0 radical (unpaired) electrons. The van der Waals surface area contributed by atoms with Crippen molar-refractivity contribution in [3.63, 3.8) is 0 Å². The van der Waals surface area contributed by atoms with Crippen LogP contribution in [0.15, 0.2) is 85.2 Å². The number of nitrogens with zero attached hydrogens (tertiary/aromatic N) is 3. The molecule has 0 bridgehead atoms. The van der Waals surface area contributed by atoms with Crippen LogP contribution in [0.25, 0.3) is 17.1 Å². The number of aromatic nitrogens is 3. The Bertz CT molecular complexity index is 1130. The predicted molar refractivity (Wildman–Crippen MR) is 120 cm³/mol. The molecular formula is C25H24N4O. The summed E-state index contributed by atoms with van der Waals surface area (Å²) in [6.07, 6.45) is 9.17. The van der Waals surface area contributed by atoms with Crippen molar-refractivity contribution in [3.8, 4) is 0 Å². The highest BCUT2D eigenvalue weighted by atomic mass is 16.1. The monoisotopic (exact) mass is 396 g/mol. The van der Waals surface area contributed by atoms with E-state index in [-0.39, 0.29) is 5.91 Å². The summed E-state index contributed by atoms with van der Waals surface area (Å²) in [4.78, 5) is 20.9. The van der Waals surface area contributed by atoms with Crippen molar-refractivity contribution in [1.29, 1.82) is 0 Å². The smallest absolute Gasteiger partial charge is 0.251 e. The van der Waals surface area contributed by atoms with Crippen LogP contribution >= 0.6 is 0 Å². The lowest BCUT2D eigenvalue weighted by atomic mass is 10.2. The number of pyridine rings is 1. The number of allylic oxidation sites excluding steroid dienone is 1. The van der Waals surface area contributed by atoms with Gasteiger partial charge in [0.25, 0.3) is 5.91 Å². The predicted octanol–water partition coefficient (Wildman–Crippen LogP) is 4.51. The van der Waals surface area contributed by atoms with Gasteiger partial charge in [-0.1, -0.05) is 54.6 Å². The molecule has 1 amide bonds. The van der Waals surface area contributed by atoms with E-state index >= 15 is 0 Å². The number of hydrogen-bond donors (Lipinski definition) is 1. The van der Waals surface area contributed by atoms with Gasteiger partial charge in [-0.15, -0.1) is 0 Å². The maximum Gasteiger partial charge on any atom is 0.251 e. The van der Waals surface area contributed by atoms with Crippen molar-refractivity contribution in [2.45, 2.75) is 19.4 Å². The Morgan fingerprint density at radius 1 is 0.967 bits per heavy atom. The SMILES string of the molecule is O=C(NCCCc1nc2ccccc2n1C/C=C/c1ccccc1)c1ccncc1. The number of carbonyl (C=O) groups excluding carboxylic acids is 1. The number of rotatable bonds is 8. The molecule has 2 heterocycles. The number of carbonyl (C=O) groups is 1. The zero-order chi connectivity index (χ0) is 20.6. The number of imidazole rings is 1. The van der Waals surface area contributed by atoms with Gasteiger partial charge in [0, 0.05) is 37.5 Å². The van der Waals surface area contributed by atoms with Crippen molar-refractivity contribution >= 4 is 23.0 Å². The van der Waals surface area contributed by atoms with Crippen molar-refractivity contribution in [1.82, 2.24) is 19.9 Å². The molecule has 5 heteroatoms. The zero-order valence-electron chi connectivity index (χ0n) is 16.7. The van der Waals surface area contributed by atoms with Gasteiger partial charge >= 0.3 is 0 Å². The normalized spacial score (nSPS) is 11.2. The number of aryl methyl sites for hydroxylation is 1. The number of benzene rings is 2. The average molecular weight is 396 g/mol. The molecule has 30 heavy (non-hydrogen) atoms. The largest absolute Gasteiger partial charge is 0.352 e. The van der Waals surface area contributed by atoms with E-state index in [4.69, 9.17) is 4.98 Å². The van der Waals surface area contributed by atoms with E-state index in [1.54, 1.807) is 24.5 Å². The number of fused-ring (bicyclic) bond motifs is 1. The second kappa shape index (κ2) is 9.65. The molecule has 1 N–H and O–H groups in total. The van der Waals surface area contributed by atoms with Gasteiger partial charge in [-0.2, -0.15) is 0 Å². The molecule has 2 aromatic carbocycles. The Morgan fingerprint density at radius 2 is 1.73 bits per heavy atom. The summed E-state index contributed by atoms with van der Waals surface area (Å²) in [5.74, 6) is 0.962. The molecule has 2 aromatic heterocycles. The number of hydrogen-bond acceptors (Lipinski definition) is 3. The van der Waals surface area contributed by atoms with Gasteiger partial charge in [0.2, 0.25) is 0 Å². The fraction of sp³-hybridized carbons (Fsp3) is 0.160. The van der Waals surface area contributed by atoms with Gasteiger partial charge in [-0.3, -0.25) is 9.78 Å². The van der Waals surface area contributed by atoms with Gasteiger partial charge in [0.1, 0.15) is 5.82 Å². The van der Waals surface area contributed by atoms with E-state index in [1.165, 1.54) is 5.56 Å². The summed E-state index contributed by atoms with van der Waals surface area (Å²) in [7, 11) is 0. The quantitative estimate of drug-likeness (QED) is 0.446. The van der Waals surface area contributed by atoms with E-state index in [2.05, 4.69) is 45.2 Å². The number of amides is 1. The van der Waals surface area contributed by atoms with E-state index in [9.17, 15) is 4.79 Å². The molecule has 0 aliphatic carbocycles. The Hall–Kier alpha value is -3.73. The second-order valence-corrected chi connectivity index (χ2v) is 7.04. The summed E-state index contributed by atoms with van der Waals surface area (Å²) < 4.78 is 2.25. The standard InChI is InChI=1S/C25H24N4O/c30-25(21-14-17-26-18-15-21)27-16-6-13-24-28-22-11-4-5-12-23(22)29(24)19-7-10-20-8-2-1-3-9-20/h1-5,7-12,14-15,17-18H,6,13,16,19H2,(H,27,30)/b10-7+. The Kier molecular flexibility index (Phi) is 6.30. The van der Waals surface area contributed by atoms with Crippen LogP contribution in [0.2, 0.25) is 0 Å². The highest BCUT2D eigenvalue weighted by molar-refractivity contribution is 5.93. The molecular weight excluding hydrogens is 372 g/mol. The van der Waals surface area contributed by atoms with Crippen LogP contribution in [-0.4, -0.2) is 27.0 Å². The van der Waals surface area contributed by atoms with Crippen LogP contribution in [-0.2, 0) is 13.0 Å². The average Bonchev–Trinajstić information content (AvgIpc) is 3.15. The molecule has 0 fully saturated rings.